The lowest BCUT2D eigenvalue weighted by molar-refractivity contribution is -0.172. The van der Waals surface area contributed by atoms with Crippen molar-refractivity contribution in [1.82, 2.24) is 15.1 Å². The van der Waals surface area contributed by atoms with Crippen LogP contribution in [0.3, 0.4) is 0 Å². The molecule has 5 fully saturated rings. The molecule has 1 aliphatic heterocycles. The SMILES string of the molecule is CN(C)C(=O)C1CCN(CCNC23CCCC2C2CCC4C(C)(CCC5C(C)(C)C(c6ccc(C=O)cc6)=CCC54C)C2CC3)CC1. The third-order valence-corrected chi connectivity index (χ3v) is 15.7. The Balaban J connectivity index is 1.03. The lowest BCUT2D eigenvalue weighted by Crippen LogP contribution is -2.63. The van der Waals surface area contributed by atoms with E-state index in [0.29, 0.717) is 28.2 Å². The van der Waals surface area contributed by atoms with Crippen LogP contribution in [0, 0.1) is 51.8 Å². The average Bonchev–Trinajstić information content (AvgIpc) is 3.49. The molecule has 1 heterocycles. The van der Waals surface area contributed by atoms with Gasteiger partial charge >= 0.3 is 0 Å². The van der Waals surface area contributed by atoms with Crippen LogP contribution in [-0.2, 0) is 4.79 Å². The summed E-state index contributed by atoms with van der Waals surface area (Å²) in [5, 5.41) is 4.26. The van der Waals surface area contributed by atoms with Crippen molar-refractivity contribution in [2.45, 2.75) is 110 Å². The summed E-state index contributed by atoms with van der Waals surface area (Å²) in [6.07, 6.45) is 19.3. The lowest BCUT2D eigenvalue weighted by atomic mass is 9.37. The number of allylic oxidation sites excluding steroid dienone is 2. The molecular formula is C42H63N3O2. The number of nitrogens with zero attached hydrogens (tertiary/aromatic N) is 2. The highest BCUT2D eigenvalue weighted by molar-refractivity contribution is 5.78. The maximum Gasteiger partial charge on any atom is 0.225 e. The zero-order chi connectivity index (χ0) is 33.2. The largest absolute Gasteiger partial charge is 0.349 e. The summed E-state index contributed by atoms with van der Waals surface area (Å²) in [4.78, 5) is 28.2. The van der Waals surface area contributed by atoms with Crippen molar-refractivity contribution in [2.75, 3.05) is 40.3 Å². The van der Waals surface area contributed by atoms with Crippen molar-refractivity contribution >= 4 is 17.8 Å². The monoisotopic (exact) mass is 641 g/mol. The van der Waals surface area contributed by atoms with Crippen LogP contribution in [0.5, 0.6) is 0 Å². The molecule has 1 aromatic rings. The third kappa shape index (κ3) is 5.49. The van der Waals surface area contributed by atoms with Crippen molar-refractivity contribution in [3.63, 3.8) is 0 Å². The maximum atomic E-state index is 12.5. The summed E-state index contributed by atoms with van der Waals surface area (Å²) in [5.41, 5.74) is 4.85. The molecule has 5 aliphatic carbocycles. The second-order valence-electron chi connectivity index (χ2n) is 18.3. The molecular weight excluding hydrogens is 578 g/mol. The molecule has 8 unspecified atom stereocenters. The van der Waals surface area contributed by atoms with Crippen molar-refractivity contribution in [1.29, 1.82) is 0 Å². The van der Waals surface area contributed by atoms with E-state index in [2.05, 4.69) is 56.1 Å². The van der Waals surface area contributed by atoms with Gasteiger partial charge in [-0.05, 0) is 141 Å². The summed E-state index contributed by atoms with van der Waals surface area (Å²) in [6.45, 7) is 14.8. The summed E-state index contributed by atoms with van der Waals surface area (Å²) in [6, 6.07) is 8.34. The zero-order valence-corrected chi connectivity index (χ0v) is 30.5. The number of carbonyl (C=O) groups excluding carboxylic acids is 2. The van der Waals surface area contributed by atoms with Gasteiger partial charge in [-0.25, -0.2) is 0 Å². The van der Waals surface area contributed by atoms with Crippen molar-refractivity contribution < 1.29 is 9.59 Å². The van der Waals surface area contributed by atoms with Crippen LogP contribution in [-0.4, -0.2) is 67.8 Å². The average molecular weight is 642 g/mol. The first-order valence-corrected chi connectivity index (χ1v) is 19.4. The molecule has 1 amide bonds. The van der Waals surface area contributed by atoms with Gasteiger partial charge in [-0.2, -0.15) is 0 Å². The normalized spacial score (nSPS) is 40.0. The molecule has 0 bridgehead atoms. The highest BCUT2D eigenvalue weighted by Gasteiger charge is 2.65. The van der Waals surface area contributed by atoms with E-state index in [1.807, 2.05) is 26.2 Å². The predicted octanol–water partition coefficient (Wildman–Crippen LogP) is 8.10. The van der Waals surface area contributed by atoms with Gasteiger partial charge in [0.05, 0.1) is 0 Å². The highest BCUT2D eigenvalue weighted by atomic mass is 16.2. The maximum absolute atomic E-state index is 12.5. The van der Waals surface area contributed by atoms with Crippen molar-refractivity contribution in [3.8, 4) is 0 Å². The topological polar surface area (TPSA) is 52.7 Å². The molecule has 8 atom stereocenters. The van der Waals surface area contributed by atoms with Gasteiger partial charge in [0.25, 0.3) is 0 Å². The van der Waals surface area contributed by atoms with E-state index in [0.717, 1.165) is 74.5 Å². The Labute approximate surface area is 285 Å². The van der Waals surface area contributed by atoms with E-state index in [1.165, 1.54) is 75.3 Å². The molecule has 4 saturated carbocycles. The summed E-state index contributed by atoms with van der Waals surface area (Å²) in [5.74, 6) is 4.62. The van der Waals surface area contributed by atoms with Crippen molar-refractivity contribution in [3.05, 3.63) is 41.5 Å². The van der Waals surface area contributed by atoms with Crippen LogP contribution < -0.4 is 5.32 Å². The molecule has 0 radical (unpaired) electrons. The first-order chi connectivity index (χ1) is 22.4. The number of amides is 1. The van der Waals surface area contributed by atoms with E-state index < -0.39 is 0 Å². The smallest absolute Gasteiger partial charge is 0.225 e. The Kier molecular flexibility index (Phi) is 8.85. The summed E-state index contributed by atoms with van der Waals surface area (Å²) < 4.78 is 0. The predicted molar refractivity (Wildman–Crippen MR) is 192 cm³/mol. The molecule has 5 nitrogen and oxygen atoms in total. The van der Waals surface area contributed by atoms with Gasteiger partial charge in [0.2, 0.25) is 5.91 Å². The number of hydrogen-bond donors (Lipinski definition) is 1. The van der Waals surface area contributed by atoms with Crippen LogP contribution >= 0.6 is 0 Å². The van der Waals surface area contributed by atoms with Crippen LogP contribution in [0.25, 0.3) is 5.57 Å². The van der Waals surface area contributed by atoms with Gasteiger partial charge in [0.15, 0.2) is 0 Å². The minimum Gasteiger partial charge on any atom is -0.349 e. The van der Waals surface area contributed by atoms with Gasteiger partial charge in [-0.1, -0.05) is 64.5 Å². The Hall–Kier alpha value is -1.98. The number of fused-ring (bicyclic) bond motifs is 7. The number of benzene rings is 1. The molecule has 5 heteroatoms. The second kappa shape index (κ2) is 12.4. The number of piperidine rings is 1. The Morgan fingerprint density at radius 3 is 2.32 bits per heavy atom. The van der Waals surface area contributed by atoms with E-state index in [9.17, 15) is 9.59 Å². The summed E-state index contributed by atoms with van der Waals surface area (Å²) in [7, 11) is 3.79. The lowest BCUT2D eigenvalue weighted by Gasteiger charge is -2.68. The standard InChI is InChI=1S/C42H63N3O2/c1-39(2)33(30-11-9-29(28-46)10-12-30)15-21-41(4)36(39)17-22-40(3)34-16-23-42(20-7-8-35(42)32(34)13-14-37(40)41)43-24-27-45-25-18-31(19-26-45)38(47)44(5)6/h9-12,15,28,31-32,34-37,43H,7-8,13-14,16-27H2,1-6H3. The fourth-order valence-electron chi connectivity index (χ4n) is 13.6. The van der Waals surface area contributed by atoms with Gasteiger partial charge in [0.1, 0.15) is 6.29 Å². The van der Waals surface area contributed by atoms with E-state index >= 15 is 0 Å². The minimum atomic E-state index is 0.127. The first kappa shape index (κ1) is 33.5. The fourth-order valence-corrected chi connectivity index (χ4v) is 13.6. The molecule has 1 N–H and O–H groups in total. The Morgan fingerprint density at radius 1 is 0.872 bits per heavy atom. The van der Waals surface area contributed by atoms with Crippen molar-refractivity contribution in [2.24, 2.45) is 51.8 Å². The van der Waals surface area contributed by atoms with Crippen LogP contribution in [0.4, 0.5) is 0 Å². The molecule has 0 spiro atoms. The highest BCUT2D eigenvalue weighted by Crippen LogP contribution is 2.72. The zero-order valence-electron chi connectivity index (χ0n) is 30.5. The molecule has 47 heavy (non-hydrogen) atoms. The molecule has 258 valence electrons. The van der Waals surface area contributed by atoms with E-state index in [4.69, 9.17) is 0 Å². The van der Waals surface area contributed by atoms with Gasteiger partial charge in [0, 0.05) is 44.2 Å². The van der Waals surface area contributed by atoms with Gasteiger partial charge in [-0.3, -0.25) is 9.59 Å². The molecule has 7 rings (SSSR count). The Bertz CT molecular complexity index is 1360. The second-order valence-corrected chi connectivity index (χ2v) is 18.3. The summed E-state index contributed by atoms with van der Waals surface area (Å²) >= 11 is 0. The number of aldehydes is 1. The van der Waals surface area contributed by atoms with Crippen LogP contribution in [0.1, 0.15) is 121 Å². The minimum absolute atomic E-state index is 0.127. The van der Waals surface area contributed by atoms with E-state index in [-0.39, 0.29) is 11.3 Å². The quantitative estimate of drug-likeness (QED) is 0.306. The number of carbonyl (C=O) groups is 2. The van der Waals surface area contributed by atoms with Gasteiger partial charge < -0.3 is 15.1 Å². The third-order valence-electron chi connectivity index (χ3n) is 15.7. The molecule has 1 aromatic carbocycles. The van der Waals surface area contributed by atoms with Gasteiger partial charge in [-0.15, -0.1) is 0 Å². The molecule has 1 saturated heterocycles. The van der Waals surface area contributed by atoms with E-state index in [1.54, 1.807) is 4.90 Å². The Morgan fingerprint density at radius 2 is 1.62 bits per heavy atom. The number of likely N-dealkylation sites (tertiary alicyclic amines) is 1. The number of hydrogen-bond acceptors (Lipinski definition) is 4. The van der Waals surface area contributed by atoms with Crippen LogP contribution in [0.2, 0.25) is 0 Å². The fraction of sp³-hybridized carbons (Fsp3) is 0.762. The van der Waals surface area contributed by atoms with Crippen LogP contribution in [0.15, 0.2) is 30.3 Å². The number of nitrogens with one attached hydrogen (secondary N) is 1. The first-order valence-electron chi connectivity index (χ1n) is 19.4. The number of rotatable bonds is 7. The molecule has 6 aliphatic rings. The molecule has 0 aromatic heterocycles.